The van der Waals surface area contributed by atoms with Crippen LogP contribution in [0.4, 0.5) is 0 Å². The first-order valence-electron chi connectivity index (χ1n) is 30.0. The molecule has 0 atom stereocenters. The Labute approximate surface area is 523 Å². The third-order valence-corrected chi connectivity index (χ3v) is 19.1. The average Bonchev–Trinajstić information content (AvgIpc) is 1.57. The molecule has 428 valence electrons. The monoisotopic (exact) mass is 1210 g/mol. The van der Waals surface area contributed by atoms with Crippen LogP contribution in [-0.2, 0) is 21.7 Å². The second-order valence-electron chi connectivity index (χ2n) is 25.4. The molecular weight excluding hydrogens is 1140 g/mol. The second-order valence-corrected chi connectivity index (χ2v) is 26.1. The van der Waals surface area contributed by atoms with Gasteiger partial charge in [-0.1, -0.05) is 256 Å². The summed E-state index contributed by atoms with van der Waals surface area (Å²) in [4.78, 5) is 28.0. The fourth-order valence-electron chi connectivity index (χ4n) is 13.9. The highest BCUT2D eigenvalue weighted by atomic mass is 79.9. The Balaban J connectivity index is 0.000000126. The summed E-state index contributed by atoms with van der Waals surface area (Å²) < 4.78 is 0.542. The van der Waals surface area contributed by atoms with Gasteiger partial charge in [0.15, 0.2) is 29.1 Å². The third-order valence-electron chi connectivity index (χ3n) is 18.7. The predicted octanol–water partition coefficient (Wildman–Crippen LogP) is 17.4. The van der Waals surface area contributed by atoms with Gasteiger partial charge in [0.1, 0.15) is 0 Å². The van der Waals surface area contributed by atoms with E-state index >= 15 is 0 Å². The van der Waals surface area contributed by atoms with Crippen molar-refractivity contribution in [1.29, 1.82) is 0 Å². The molecule has 2 aromatic heterocycles. The van der Waals surface area contributed by atoms with Gasteiger partial charge in [0.05, 0.1) is 0 Å². The van der Waals surface area contributed by atoms with Crippen LogP contribution in [0, 0.1) is 0 Å². The van der Waals surface area contributed by atoms with E-state index in [0.29, 0.717) is 39.3 Å². The van der Waals surface area contributed by atoms with Crippen LogP contribution in [0.15, 0.2) is 235 Å². The zero-order chi connectivity index (χ0) is 60.9. The molecule has 2 heterocycles. The predicted molar refractivity (Wildman–Crippen MR) is 361 cm³/mol. The first kappa shape index (κ1) is 56.5. The Morgan fingerprint density at radius 3 is 0.898 bits per heavy atom. The smallest absolute Gasteiger partial charge is 0.423 e. The molecule has 4 aliphatic rings. The van der Waals surface area contributed by atoms with Gasteiger partial charge in [0.25, 0.3) is 0 Å². The van der Waals surface area contributed by atoms with E-state index in [1.165, 1.54) is 83.5 Å². The molecule has 0 fully saturated rings. The van der Waals surface area contributed by atoms with Crippen molar-refractivity contribution in [2.75, 3.05) is 0 Å². The van der Waals surface area contributed by atoms with E-state index in [1.54, 1.807) is 0 Å². The van der Waals surface area contributed by atoms with Gasteiger partial charge in [-0.15, -0.1) is 0 Å². The lowest BCUT2D eigenvalue weighted by Crippen LogP contribution is -2.31. The number of hydrogen-bond donors (Lipinski definition) is 2. The normalized spacial score (nSPS) is 14.7. The van der Waals surface area contributed by atoms with Crippen molar-refractivity contribution in [3.63, 3.8) is 0 Å². The van der Waals surface area contributed by atoms with Crippen LogP contribution in [-0.4, -0.2) is 47.1 Å². The summed E-state index contributed by atoms with van der Waals surface area (Å²) in [7, 11) is -1.44. The van der Waals surface area contributed by atoms with Crippen molar-refractivity contribution >= 4 is 28.5 Å². The van der Waals surface area contributed by atoms with Gasteiger partial charge in [-0.05, 0) is 141 Å². The number of nitrogens with zero attached hydrogens (tertiary/aromatic N) is 6. The average molecular weight is 1210 g/mol. The Kier molecular flexibility index (Phi) is 13.8. The molecule has 2 N–H and O–H groups in total. The molecule has 0 bridgehead atoms. The maximum atomic E-state index is 9.61. The molecule has 0 aliphatic heterocycles. The van der Waals surface area contributed by atoms with Crippen molar-refractivity contribution in [2.24, 2.45) is 0 Å². The van der Waals surface area contributed by atoms with E-state index in [1.807, 2.05) is 115 Å². The molecular formula is C78H64BBrN6O2. The number of fused-ring (bicyclic) bond motifs is 12. The molecule has 88 heavy (non-hydrogen) atoms. The summed E-state index contributed by atoms with van der Waals surface area (Å²) in [6, 6.07) is 79.9. The third kappa shape index (κ3) is 9.53. The van der Waals surface area contributed by atoms with Gasteiger partial charge in [-0.3, -0.25) is 0 Å². The molecule has 0 saturated carbocycles. The van der Waals surface area contributed by atoms with Crippen LogP contribution in [0.2, 0.25) is 0 Å². The van der Waals surface area contributed by atoms with Crippen molar-refractivity contribution in [1.82, 2.24) is 29.9 Å². The summed E-state index contributed by atoms with van der Waals surface area (Å²) in [5.74, 6) is 3.39. The minimum Gasteiger partial charge on any atom is -0.423 e. The zero-order valence-corrected chi connectivity index (χ0v) is 52.1. The molecule has 4 aliphatic carbocycles. The van der Waals surface area contributed by atoms with Crippen molar-refractivity contribution < 1.29 is 10.0 Å². The largest absolute Gasteiger partial charge is 0.488 e. The number of benzene rings is 10. The maximum Gasteiger partial charge on any atom is 0.488 e. The van der Waals surface area contributed by atoms with Crippen LogP contribution in [0.3, 0.4) is 0 Å². The first-order valence-corrected chi connectivity index (χ1v) is 30.8. The van der Waals surface area contributed by atoms with Gasteiger partial charge in [0.2, 0.25) is 4.73 Å². The van der Waals surface area contributed by atoms with Crippen LogP contribution >= 0.6 is 15.9 Å². The zero-order valence-electron chi connectivity index (χ0n) is 50.5. The fourth-order valence-corrected chi connectivity index (χ4v) is 14.2. The first-order chi connectivity index (χ1) is 42.4. The van der Waals surface area contributed by atoms with E-state index in [4.69, 9.17) is 15.0 Å². The summed E-state index contributed by atoms with van der Waals surface area (Å²) in [5.41, 5.74) is 26.3. The van der Waals surface area contributed by atoms with Crippen LogP contribution in [0.5, 0.6) is 0 Å². The lowest BCUT2D eigenvalue weighted by molar-refractivity contribution is 0.425. The summed E-state index contributed by atoms with van der Waals surface area (Å²) in [6.45, 7) is 18.4. The van der Waals surface area contributed by atoms with E-state index in [9.17, 15) is 10.0 Å². The summed E-state index contributed by atoms with van der Waals surface area (Å²) >= 11 is 3.35. The molecule has 8 nitrogen and oxygen atoms in total. The Morgan fingerprint density at radius 1 is 0.261 bits per heavy atom. The molecule has 0 amide bonds. The molecule has 0 radical (unpaired) electrons. The molecule has 10 heteroatoms. The second kappa shape index (κ2) is 21.5. The lowest BCUT2D eigenvalue weighted by atomic mass is 9.75. The SMILES string of the molecule is Brc1nc(-c2ccccc2)nc(-c2ccccc2)n1.CC1(C)c2ccccc2-c2cc3c(cc21)-c1ccc(-c2nc(-c4ccccc4)nc(-c4ccccc4)n2)cc1C3(C)C.CC1(C)c2ccccc2-c2cc3c(cc21)-c1ccc(B(O)O)cc1C3(C)C. The number of aromatic nitrogens is 6. The van der Waals surface area contributed by atoms with Crippen molar-refractivity contribution in [2.45, 2.75) is 77.0 Å². The Hall–Kier alpha value is -9.32. The summed E-state index contributed by atoms with van der Waals surface area (Å²) in [6.07, 6.45) is 0. The molecule has 0 saturated heterocycles. The highest BCUT2D eigenvalue weighted by Gasteiger charge is 2.44. The van der Waals surface area contributed by atoms with Gasteiger partial charge >= 0.3 is 7.12 Å². The van der Waals surface area contributed by atoms with Crippen molar-refractivity contribution in [3.05, 3.63) is 280 Å². The number of rotatable bonds is 6. The number of hydrogen-bond acceptors (Lipinski definition) is 8. The quantitative estimate of drug-likeness (QED) is 0.158. The van der Waals surface area contributed by atoms with Crippen LogP contribution in [0.25, 0.3) is 101 Å². The molecule has 0 unspecified atom stereocenters. The van der Waals surface area contributed by atoms with Gasteiger partial charge in [0, 0.05) is 49.5 Å². The lowest BCUT2D eigenvalue weighted by Gasteiger charge is -2.24. The number of halogens is 1. The van der Waals surface area contributed by atoms with Crippen LogP contribution in [0.1, 0.15) is 99.9 Å². The van der Waals surface area contributed by atoms with E-state index < -0.39 is 7.12 Å². The standard InChI is InChI=1S/C39H31N3.C24H23BO2.C15H10BrN3/c1-38(2)31-18-12-11-17-27(31)29-22-34-30(23-33(29)38)28-20-19-26(21-32(28)39(34,3)4)37-41-35(24-13-7-5-8-14-24)40-36(42-37)25-15-9-6-10-16-25;1-23(2)19-8-6-5-7-15(19)17-12-22-18(13-21(17)23)16-10-9-14(25(26)27)11-20(16)24(22,3)4;16-15-18-13(11-7-3-1-4-8-11)17-14(19-15)12-9-5-2-6-10-12/h5-23H,1-4H3;5-13,26-27H,1-4H3;1-10H. The fraction of sp³-hybridized carbons (Fsp3) is 0.154. The summed E-state index contributed by atoms with van der Waals surface area (Å²) in [5, 5.41) is 19.2. The Bertz CT molecular complexity index is 4610. The minimum atomic E-state index is -1.44. The molecule has 0 spiro atoms. The molecule has 10 aromatic carbocycles. The van der Waals surface area contributed by atoms with Gasteiger partial charge in [-0.25, -0.2) is 29.9 Å². The topological polar surface area (TPSA) is 118 Å². The Morgan fingerprint density at radius 2 is 0.534 bits per heavy atom. The van der Waals surface area contributed by atoms with Gasteiger partial charge < -0.3 is 10.0 Å². The minimum absolute atomic E-state index is 0.0188. The van der Waals surface area contributed by atoms with Crippen molar-refractivity contribution in [3.8, 4) is 101 Å². The highest BCUT2D eigenvalue weighted by molar-refractivity contribution is 9.10. The van der Waals surface area contributed by atoms with E-state index in [0.717, 1.165) is 33.4 Å². The molecule has 16 rings (SSSR count). The van der Waals surface area contributed by atoms with E-state index in [-0.39, 0.29) is 21.7 Å². The van der Waals surface area contributed by atoms with Crippen LogP contribution < -0.4 is 5.46 Å². The van der Waals surface area contributed by atoms with Gasteiger partial charge in [-0.2, -0.15) is 0 Å². The molecule has 12 aromatic rings. The van der Waals surface area contributed by atoms with E-state index in [2.05, 4.69) is 202 Å². The highest BCUT2D eigenvalue weighted by Crippen LogP contribution is 2.58. The maximum absolute atomic E-state index is 9.61.